The fraction of sp³-hybridized carbons (Fsp3) is 0.174. The minimum absolute atomic E-state index is 0.338. The number of ether oxygens (including phenoxy) is 1. The third-order valence-electron chi connectivity index (χ3n) is 4.42. The van der Waals surface area contributed by atoms with Gasteiger partial charge in [0.25, 0.3) is 11.8 Å². The zero-order valence-corrected chi connectivity index (χ0v) is 16.3. The van der Waals surface area contributed by atoms with E-state index in [2.05, 4.69) is 5.32 Å². The van der Waals surface area contributed by atoms with Crippen LogP contribution >= 0.6 is 0 Å². The van der Waals surface area contributed by atoms with Crippen molar-refractivity contribution in [1.29, 1.82) is 0 Å². The number of esters is 1. The number of hydrogen-bond donors (Lipinski definition) is 1. The van der Waals surface area contributed by atoms with Crippen molar-refractivity contribution in [1.82, 2.24) is 10.2 Å². The van der Waals surface area contributed by atoms with E-state index in [-0.39, 0.29) is 18.4 Å². The van der Waals surface area contributed by atoms with Gasteiger partial charge in [0.2, 0.25) is 6.10 Å². The molecule has 0 aliphatic heterocycles. The Kier molecular flexibility index (Phi) is 6.24. The number of fused-ring (bicyclic) bond motifs is 1. The molecule has 0 spiro atoms. The van der Waals surface area contributed by atoms with E-state index in [1.54, 1.807) is 50.5 Å². The standard InChI is InChI=1S/C23H22N2O4/c1-25(2)23(28)21(17-9-4-3-5-10-17)29-20(26)15-24-22(27)19-13-12-16-8-6-7-11-18(16)14-19/h3-14,21H,15H2,1-2H3,(H,24,27)/t21-/m1/s1. The van der Waals surface area contributed by atoms with Gasteiger partial charge in [-0.25, -0.2) is 0 Å². The maximum atomic E-state index is 12.4. The maximum Gasteiger partial charge on any atom is 0.326 e. The molecule has 1 N–H and O–H groups in total. The van der Waals surface area contributed by atoms with E-state index in [4.69, 9.17) is 4.74 Å². The lowest BCUT2D eigenvalue weighted by molar-refractivity contribution is -0.158. The number of rotatable bonds is 6. The number of likely N-dealkylation sites (N-methyl/N-ethyl adjacent to an activating group) is 1. The SMILES string of the molecule is CN(C)C(=O)[C@H](OC(=O)CNC(=O)c1ccc2ccccc2c1)c1ccccc1. The number of hydrogen-bond acceptors (Lipinski definition) is 4. The van der Waals surface area contributed by atoms with Crippen LogP contribution in [0, 0.1) is 0 Å². The van der Waals surface area contributed by atoms with Crippen LogP contribution in [0.15, 0.2) is 72.8 Å². The Morgan fingerprint density at radius 1 is 0.897 bits per heavy atom. The summed E-state index contributed by atoms with van der Waals surface area (Å²) in [6, 6.07) is 21.8. The van der Waals surface area contributed by atoms with Gasteiger partial charge in [0, 0.05) is 25.2 Å². The molecule has 0 saturated heterocycles. The molecule has 29 heavy (non-hydrogen) atoms. The zero-order chi connectivity index (χ0) is 20.8. The fourth-order valence-corrected chi connectivity index (χ4v) is 2.88. The van der Waals surface area contributed by atoms with Crippen molar-refractivity contribution in [2.24, 2.45) is 0 Å². The molecule has 6 heteroatoms. The number of amides is 2. The van der Waals surface area contributed by atoms with Crippen LogP contribution in [-0.2, 0) is 14.3 Å². The number of carbonyl (C=O) groups excluding carboxylic acids is 3. The third-order valence-corrected chi connectivity index (χ3v) is 4.42. The van der Waals surface area contributed by atoms with Gasteiger partial charge in [0.15, 0.2) is 0 Å². The van der Waals surface area contributed by atoms with Crippen LogP contribution in [-0.4, -0.2) is 43.3 Å². The number of nitrogens with zero attached hydrogens (tertiary/aromatic N) is 1. The predicted octanol–water partition coefficient (Wildman–Crippen LogP) is 2.94. The summed E-state index contributed by atoms with van der Waals surface area (Å²) in [5, 5.41) is 4.51. The van der Waals surface area contributed by atoms with E-state index >= 15 is 0 Å². The van der Waals surface area contributed by atoms with Gasteiger partial charge in [-0.3, -0.25) is 14.4 Å². The number of carbonyl (C=O) groups is 3. The number of benzene rings is 3. The molecular formula is C23H22N2O4. The van der Waals surface area contributed by atoms with Gasteiger partial charge < -0.3 is 15.0 Å². The van der Waals surface area contributed by atoms with Crippen LogP contribution < -0.4 is 5.32 Å². The zero-order valence-electron chi connectivity index (χ0n) is 16.3. The lowest BCUT2D eigenvalue weighted by Gasteiger charge is -2.21. The monoisotopic (exact) mass is 390 g/mol. The Morgan fingerprint density at radius 3 is 2.24 bits per heavy atom. The third kappa shape index (κ3) is 4.99. The molecule has 0 saturated carbocycles. The first kappa shape index (κ1) is 20.1. The summed E-state index contributed by atoms with van der Waals surface area (Å²) in [6.07, 6.45) is -1.06. The molecule has 6 nitrogen and oxygen atoms in total. The summed E-state index contributed by atoms with van der Waals surface area (Å²) < 4.78 is 5.37. The van der Waals surface area contributed by atoms with E-state index in [1.807, 2.05) is 36.4 Å². The Balaban J connectivity index is 1.65. The molecule has 1 atom stereocenters. The maximum absolute atomic E-state index is 12.4. The van der Waals surface area contributed by atoms with E-state index in [9.17, 15) is 14.4 Å². The topological polar surface area (TPSA) is 75.7 Å². The molecule has 0 fully saturated rings. The van der Waals surface area contributed by atoms with Crippen molar-refractivity contribution in [2.75, 3.05) is 20.6 Å². The second kappa shape index (κ2) is 9.01. The summed E-state index contributed by atoms with van der Waals surface area (Å²) in [4.78, 5) is 38.5. The summed E-state index contributed by atoms with van der Waals surface area (Å²) in [5.74, 6) is -1.43. The average Bonchev–Trinajstić information content (AvgIpc) is 2.75. The molecule has 3 aromatic carbocycles. The van der Waals surface area contributed by atoms with E-state index in [0.29, 0.717) is 11.1 Å². The van der Waals surface area contributed by atoms with Crippen molar-refractivity contribution in [3.05, 3.63) is 83.9 Å². The highest BCUT2D eigenvalue weighted by Gasteiger charge is 2.26. The first-order valence-electron chi connectivity index (χ1n) is 9.18. The Hall–Kier alpha value is -3.67. The van der Waals surface area contributed by atoms with E-state index in [1.165, 1.54) is 4.90 Å². The van der Waals surface area contributed by atoms with Crippen molar-refractivity contribution in [3.8, 4) is 0 Å². The van der Waals surface area contributed by atoms with Crippen LogP contribution in [0.25, 0.3) is 10.8 Å². The van der Waals surface area contributed by atoms with Crippen LogP contribution in [0.1, 0.15) is 22.0 Å². The second-order valence-electron chi connectivity index (χ2n) is 6.76. The van der Waals surface area contributed by atoms with E-state index in [0.717, 1.165) is 10.8 Å². The molecular weight excluding hydrogens is 368 g/mol. The molecule has 148 valence electrons. The first-order chi connectivity index (χ1) is 14.0. The summed E-state index contributed by atoms with van der Waals surface area (Å²) in [6.45, 7) is -0.338. The highest BCUT2D eigenvalue weighted by atomic mass is 16.5. The van der Waals surface area contributed by atoms with Crippen molar-refractivity contribution in [3.63, 3.8) is 0 Å². The normalized spacial score (nSPS) is 11.5. The van der Waals surface area contributed by atoms with Crippen LogP contribution in [0.2, 0.25) is 0 Å². The largest absolute Gasteiger partial charge is 0.446 e. The van der Waals surface area contributed by atoms with Gasteiger partial charge >= 0.3 is 5.97 Å². The Labute approximate surface area is 169 Å². The summed E-state index contributed by atoms with van der Waals surface area (Å²) in [7, 11) is 3.18. The van der Waals surface area contributed by atoms with E-state index < -0.39 is 12.1 Å². The molecule has 0 aliphatic carbocycles. The van der Waals surface area contributed by atoms with Gasteiger partial charge in [-0.1, -0.05) is 60.7 Å². The first-order valence-corrected chi connectivity index (χ1v) is 9.18. The molecule has 0 bridgehead atoms. The lowest BCUT2D eigenvalue weighted by Crippen LogP contribution is -2.35. The Bertz CT molecular complexity index is 1030. The molecule has 0 heterocycles. The van der Waals surface area contributed by atoms with Crippen molar-refractivity contribution < 1.29 is 19.1 Å². The van der Waals surface area contributed by atoms with Gasteiger partial charge in [-0.05, 0) is 22.9 Å². The smallest absolute Gasteiger partial charge is 0.326 e. The van der Waals surface area contributed by atoms with Gasteiger partial charge in [-0.15, -0.1) is 0 Å². The average molecular weight is 390 g/mol. The van der Waals surface area contributed by atoms with Gasteiger partial charge in [0.05, 0.1) is 0 Å². The molecule has 0 aromatic heterocycles. The number of nitrogens with one attached hydrogen (secondary N) is 1. The van der Waals surface area contributed by atoms with Crippen LogP contribution in [0.5, 0.6) is 0 Å². The molecule has 2 amide bonds. The van der Waals surface area contributed by atoms with Crippen molar-refractivity contribution >= 4 is 28.6 Å². The Morgan fingerprint density at radius 2 is 1.55 bits per heavy atom. The lowest BCUT2D eigenvalue weighted by atomic mass is 10.1. The van der Waals surface area contributed by atoms with Gasteiger partial charge in [0.1, 0.15) is 6.54 Å². The second-order valence-corrected chi connectivity index (χ2v) is 6.76. The summed E-state index contributed by atoms with van der Waals surface area (Å²) in [5.41, 5.74) is 1.01. The predicted molar refractivity (Wildman–Crippen MR) is 110 cm³/mol. The molecule has 0 unspecified atom stereocenters. The van der Waals surface area contributed by atoms with Crippen LogP contribution in [0.3, 0.4) is 0 Å². The minimum atomic E-state index is -1.06. The minimum Gasteiger partial charge on any atom is -0.446 e. The van der Waals surface area contributed by atoms with Crippen LogP contribution in [0.4, 0.5) is 0 Å². The quantitative estimate of drug-likeness (QED) is 0.657. The highest BCUT2D eigenvalue weighted by molar-refractivity contribution is 5.99. The van der Waals surface area contributed by atoms with Gasteiger partial charge in [-0.2, -0.15) is 0 Å². The molecule has 0 radical (unpaired) electrons. The summed E-state index contributed by atoms with van der Waals surface area (Å²) >= 11 is 0. The molecule has 0 aliphatic rings. The van der Waals surface area contributed by atoms with Crippen molar-refractivity contribution in [2.45, 2.75) is 6.10 Å². The fourth-order valence-electron chi connectivity index (χ4n) is 2.88. The molecule has 3 rings (SSSR count). The molecule has 3 aromatic rings. The highest BCUT2D eigenvalue weighted by Crippen LogP contribution is 2.19.